The molecule has 1 spiro atoms. The number of thioether (sulfide) groups is 1. The molecule has 0 aromatic rings. The molecule has 2 rings (SSSR count). The van der Waals surface area contributed by atoms with Crippen molar-refractivity contribution in [1.82, 2.24) is 10.2 Å². The zero-order valence-corrected chi connectivity index (χ0v) is 9.66. The van der Waals surface area contributed by atoms with E-state index in [1.165, 1.54) is 25.9 Å². The molecule has 0 aliphatic carbocycles. The van der Waals surface area contributed by atoms with Gasteiger partial charge in [-0.1, -0.05) is 6.92 Å². The first-order chi connectivity index (χ1) is 6.11. The molecule has 0 amide bonds. The maximum absolute atomic E-state index is 3.71. The molecule has 2 heterocycles. The standard InChI is InChI=1S/C10H20N2S/c1-8-6-10(4-5-12(8)3)11-7-9(2)13-10/h8-9,11H,4-7H2,1-3H3. The lowest BCUT2D eigenvalue weighted by molar-refractivity contribution is 0.159. The molecule has 76 valence electrons. The van der Waals surface area contributed by atoms with E-state index < -0.39 is 0 Å². The Morgan fingerprint density at radius 1 is 1.46 bits per heavy atom. The molecule has 0 aromatic heterocycles. The number of nitrogens with zero attached hydrogens (tertiary/aromatic N) is 1. The van der Waals surface area contributed by atoms with Gasteiger partial charge in [0.1, 0.15) is 0 Å². The molecule has 2 saturated heterocycles. The largest absolute Gasteiger partial charge is 0.303 e. The van der Waals surface area contributed by atoms with Crippen molar-refractivity contribution in [3.8, 4) is 0 Å². The molecular formula is C10H20N2S. The third-order valence-electron chi connectivity index (χ3n) is 3.38. The van der Waals surface area contributed by atoms with Crippen molar-refractivity contribution < 1.29 is 0 Å². The van der Waals surface area contributed by atoms with Gasteiger partial charge in [0.05, 0.1) is 4.87 Å². The lowest BCUT2D eigenvalue weighted by atomic mass is 9.98. The zero-order valence-electron chi connectivity index (χ0n) is 8.84. The highest BCUT2D eigenvalue weighted by atomic mass is 32.2. The Bertz CT molecular complexity index is 197. The number of nitrogens with one attached hydrogen (secondary N) is 1. The SMILES string of the molecule is CC1CNC2(CCN(C)C(C)C2)S1. The average Bonchev–Trinajstić information content (AvgIpc) is 2.42. The number of piperidine rings is 1. The molecule has 3 unspecified atom stereocenters. The van der Waals surface area contributed by atoms with Gasteiger partial charge in [-0.25, -0.2) is 0 Å². The number of rotatable bonds is 0. The summed E-state index contributed by atoms with van der Waals surface area (Å²) in [5, 5.41) is 4.51. The number of hydrogen-bond acceptors (Lipinski definition) is 3. The lowest BCUT2D eigenvalue weighted by Gasteiger charge is -2.41. The van der Waals surface area contributed by atoms with Gasteiger partial charge in [0, 0.05) is 24.4 Å². The van der Waals surface area contributed by atoms with Crippen LogP contribution in [0.2, 0.25) is 0 Å². The van der Waals surface area contributed by atoms with Gasteiger partial charge in [-0.15, -0.1) is 11.8 Å². The predicted octanol–water partition coefficient (Wildman–Crippen LogP) is 1.52. The first-order valence-electron chi connectivity index (χ1n) is 5.24. The first kappa shape index (κ1) is 9.81. The summed E-state index contributed by atoms with van der Waals surface area (Å²) in [6.45, 7) is 7.11. The van der Waals surface area contributed by atoms with Crippen LogP contribution in [0.3, 0.4) is 0 Å². The summed E-state index contributed by atoms with van der Waals surface area (Å²) in [5.74, 6) is 0. The zero-order chi connectivity index (χ0) is 9.47. The summed E-state index contributed by atoms with van der Waals surface area (Å²) < 4.78 is 0. The lowest BCUT2D eigenvalue weighted by Crippen LogP contribution is -2.50. The van der Waals surface area contributed by atoms with Gasteiger partial charge in [0.15, 0.2) is 0 Å². The highest BCUT2D eigenvalue weighted by Gasteiger charge is 2.42. The second-order valence-corrected chi connectivity index (χ2v) is 6.41. The Morgan fingerprint density at radius 3 is 2.77 bits per heavy atom. The summed E-state index contributed by atoms with van der Waals surface area (Å²) in [6.07, 6.45) is 2.61. The van der Waals surface area contributed by atoms with Crippen LogP contribution in [0.15, 0.2) is 0 Å². The van der Waals surface area contributed by atoms with Crippen LogP contribution in [0, 0.1) is 0 Å². The van der Waals surface area contributed by atoms with Crippen molar-refractivity contribution in [3.05, 3.63) is 0 Å². The summed E-state index contributed by atoms with van der Waals surface area (Å²) in [7, 11) is 2.24. The van der Waals surface area contributed by atoms with Crippen LogP contribution in [0.4, 0.5) is 0 Å². The fraction of sp³-hybridized carbons (Fsp3) is 1.00. The van der Waals surface area contributed by atoms with Crippen molar-refractivity contribution >= 4 is 11.8 Å². The second kappa shape index (κ2) is 3.44. The topological polar surface area (TPSA) is 15.3 Å². The third kappa shape index (κ3) is 1.88. The highest BCUT2D eigenvalue weighted by Crippen LogP contribution is 2.41. The van der Waals surface area contributed by atoms with Crippen molar-refractivity contribution in [1.29, 1.82) is 0 Å². The number of likely N-dealkylation sites (tertiary alicyclic amines) is 1. The van der Waals surface area contributed by atoms with Gasteiger partial charge >= 0.3 is 0 Å². The van der Waals surface area contributed by atoms with E-state index in [9.17, 15) is 0 Å². The van der Waals surface area contributed by atoms with Gasteiger partial charge in [0.25, 0.3) is 0 Å². The van der Waals surface area contributed by atoms with Crippen molar-refractivity contribution in [3.63, 3.8) is 0 Å². The summed E-state index contributed by atoms with van der Waals surface area (Å²) in [4.78, 5) is 2.89. The van der Waals surface area contributed by atoms with E-state index in [1.807, 2.05) is 0 Å². The highest BCUT2D eigenvalue weighted by molar-refractivity contribution is 8.01. The quantitative estimate of drug-likeness (QED) is 0.638. The first-order valence-corrected chi connectivity index (χ1v) is 6.12. The molecule has 2 fully saturated rings. The Kier molecular flexibility index (Phi) is 2.60. The van der Waals surface area contributed by atoms with Gasteiger partial charge in [-0.3, -0.25) is 0 Å². The van der Waals surface area contributed by atoms with E-state index in [4.69, 9.17) is 0 Å². The molecule has 1 N–H and O–H groups in total. The minimum Gasteiger partial charge on any atom is -0.303 e. The molecule has 3 atom stereocenters. The van der Waals surface area contributed by atoms with E-state index in [-0.39, 0.29) is 0 Å². The van der Waals surface area contributed by atoms with Crippen molar-refractivity contribution in [2.75, 3.05) is 20.1 Å². The van der Waals surface area contributed by atoms with Gasteiger partial charge < -0.3 is 10.2 Å². The molecule has 0 bridgehead atoms. The van der Waals surface area contributed by atoms with E-state index >= 15 is 0 Å². The molecule has 3 heteroatoms. The normalized spacial score (nSPS) is 47.3. The van der Waals surface area contributed by atoms with Crippen molar-refractivity contribution in [2.45, 2.75) is 42.9 Å². The van der Waals surface area contributed by atoms with Gasteiger partial charge in [-0.2, -0.15) is 0 Å². The fourth-order valence-electron chi connectivity index (χ4n) is 2.38. The van der Waals surface area contributed by atoms with E-state index in [2.05, 4.69) is 42.9 Å². The van der Waals surface area contributed by atoms with Crippen molar-refractivity contribution in [2.24, 2.45) is 0 Å². The number of hydrogen-bond donors (Lipinski definition) is 1. The van der Waals surface area contributed by atoms with Crippen LogP contribution in [-0.4, -0.2) is 41.2 Å². The molecule has 2 nitrogen and oxygen atoms in total. The maximum atomic E-state index is 3.71. The second-order valence-electron chi connectivity index (χ2n) is 4.59. The minimum absolute atomic E-state index is 0.422. The maximum Gasteiger partial charge on any atom is 0.0675 e. The van der Waals surface area contributed by atoms with Crippen LogP contribution in [0.5, 0.6) is 0 Å². The summed E-state index contributed by atoms with van der Waals surface area (Å²) in [6, 6.07) is 0.735. The van der Waals surface area contributed by atoms with E-state index in [1.54, 1.807) is 0 Å². The van der Waals surface area contributed by atoms with E-state index in [0.717, 1.165) is 11.3 Å². The van der Waals surface area contributed by atoms with E-state index in [0.29, 0.717) is 4.87 Å². The van der Waals surface area contributed by atoms with Crippen LogP contribution in [-0.2, 0) is 0 Å². The smallest absolute Gasteiger partial charge is 0.0675 e. The Balaban J connectivity index is 2.01. The molecule has 0 radical (unpaired) electrons. The van der Waals surface area contributed by atoms with Crippen LogP contribution in [0.1, 0.15) is 26.7 Å². The Hall–Kier alpha value is 0.270. The third-order valence-corrected chi connectivity index (χ3v) is 4.92. The van der Waals surface area contributed by atoms with Gasteiger partial charge in [0.2, 0.25) is 0 Å². The molecule has 2 aliphatic heterocycles. The molecule has 0 saturated carbocycles. The molecule has 13 heavy (non-hydrogen) atoms. The Labute approximate surface area is 85.4 Å². The molecule has 0 aromatic carbocycles. The predicted molar refractivity (Wildman–Crippen MR) is 59.1 cm³/mol. The average molecular weight is 200 g/mol. The summed E-state index contributed by atoms with van der Waals surface area (Å²) in [5.41, 5.74) is 0. The monoisotopic (exact) mass is 200 g/mol. The van der Waals surface area contributed by atoms with Crippen LogP contribution in [0.25, 0.3) is 0 Å². The summed E-state index contributed by atoms with van der Waals surface area (Å²) >= 11 is 2.16. The molecular weight excluding hydrogens is 180 g/mol. The fourth-order valence-corrected chi connectivity index (χ4v) is 4.03. The Morgan fingerprint density at radius 2 is 2.23 bits per heavy atom. The minimum atomic E-state index is 0.422. The van der Waals surface area contributed by atoms with Crippen LogP contribution >= 0.6 is 11.8 Å². The van der Waals surface area contributed by atoms with Gasteiger partial charge in [-0.05, 0) is 26.8 Å². The van der Waals surface area contributed by atoms with Crippen LogP contribution < -0.4 is 5.32 Å². The molecule has 2 aliphatic rings.